The van der Waals surface area contributed by atoms with Crippen LogP contribution >= 0.6 is 0 Å². The zero-order valence-corrected chi connectivity index (χ0v) is 8.86. The lowest BCUT2D eigenvalue weighted by Crippen LogP contribution is -2.28. The van der Waals surface area contributed by atoms with Crippen LogP contribution in [0.15, 0.2) is 41.2 Å². The van der Waals surface area contributed by atoms with E-state index < -0.39 is 0 Å². The largest absolute Gasteiger partial charge is 0.364 e. The average molecular weight is 203 g/mol. The molecule has 0 radical (unpaired) electrons. The van der Waals surface area contributed by atoms with Crippen LogP contribution in [0.3, 0.4) is 0 Å². The summed E-state index contributed by atoms with van der Waals surface area (Å²) in [7, 11) is 0. The fourth-order valence-electron chi connectivity index (χ4n) is 2.02. The first-order valence-electron chi connectivity index (χ1n) is 4.85. The van der Waals surface area contributed by atoms with Gasteiger partial charge in [-0.25, -0.2) is 0 Å². The second-order valence-corrected chi connectivity index (χ2v) is 4.40. The number of ketones is 1. The minimum atomic E-state index is -0.151. The van der Waals surface area contributed by atoms with E-state index in [-0.39, 0.29) is 17.1 Å². The van der Waals surface area contributed by atoms with E-state index in [0.717, 1.165) is 5.69 Å². The van der Waals surface area contributed by atoms with E-state index in [1.54, 1.807) is 12.1 Å². The number of hydrogen-bond donors (Lipinski definition) is 0. The molecule has 1 unspecified atom stereocenters. The van der Waals surface area contributed by atoms with Crippen molar-refractivity contribution in [1.82, 2.24) is 5.16 Å². The third-order valence-corrected chi connectivity index (χ3v) is 2.83. The highest BCUT2D eigenvalue weighted by atomic mass is 16.5. The van der Waals surface area contributed by atoms with E-state index >= 15 is 0 Å². The van der Waals surface area contributed by atoms with Gasteiger partial charge in [0.05, 0.1) is 5.69 Å². The molecule has 1 atom stereocenters. The maximum Gasteiger partial charge on any atom is 0.181 e. The third-order valence-electron chi connectivity index (χ3n) is 2.83. The van der Waals surface area contributed by atoms with Gasteiger partial charge < -0.3 is 4.52 Å². The molecule has 3 nitrogen and oxygen atoms in total. The van der Waals surface area contributed by atoms with Crippen LogP contribution in [-0.4, -0.2) is 10.9 Å². The summed E-state index contributed by atoms with van der Waals surface area (Å²) in [4.78, 5) is 11.5. The Balaban J connectivity index is 2.49. The summed E-state index contributed by atoms with van der Waals surface area (Å²) in [5.74, 6) is -0.115. The van der Waals surface area contributed by atoms with Crippen molar-refractivity contribution in [2.45, 2.75) is 19.8 Å². The van der Waals surface area contributed by atoms with Gasteiger partial charge in [-0.3, -0.25) is 4.79 Å². The highest BCUT2D eigenvalue weighted by Crippen LogP contribution is 2.43. The molecule has 1 aliphatic rings. The fraction of sp³-hybridized carbons (Fsp3) is 0.333. The van der Waals surface area contributed by atoms with Crippen molar-refractivity contribution in [2.24, 2.45) is 5.41 Å². The Morgan fingerprint density at radius 1 is 1.53 bits per heavy atom. The average Bonchev–Trinajstić information content (AvgIpc) is 2.65. The van der Waals surface area contributed by atoms with E-state index in [4.69, 9.17) is 4.52 Å². The monoisotopic (exact) mass is 203 g/mol. The van der Waals surface area contributed by atoms with Crippen LogP contribution in [0.5, 0.6) is 0 Å². The first-order chi connectivity index (χ1) is 7.02. The number of allylic oxidation sites excluding steroid dienone is 3. The molecule has 1 aromatic rings. The standard InChI is InChI=1S/C12H13NO2/c1-8-10(14)4-6-12(2,3)11(8)9-5-7-15-13-9/h4-7,11H,1H2,2-3H3. The summed E-state index contributed by atoms with van der Waals surface area (Å²) >= 11 is 0. The Kier molecular flexibility index (Phi) is 2.11. The SMILES string of the molecule is C=C1C(=O)C=CC(C)(C)C1c1ccon1. The van der Waals surface area contributed by atoms with Crippen molar-refractivity contribution in [3.8, 4) is 0 Å². The molecule has 1 aromatic heterocycles. The Hall–Kier alpha value is -1.64. The maximum absolute atomic E-state index is 11.5. The zero-order chi connectivity index (χ0) is 11.1. The van der Waals surface area contributed by atoms with Gasteiger partial charge in [-0.2, -0.15) is 0 Å². The number of rotatable bonds is 1. The van der Waals surface area contributed by atoms with E-state index in [1.165, 1.54) is 6.26 Å². The van der Waals surface area contributed by atoms with Gasteiger partial charge in [0, 0.05) is 17.6 Å². The molecule has 0 spiro atoms. The zero-order valence-electron chi connectivity index (χ0n) is 8.86. The summed E-state index contributed by atoms with van der Waals surface area (Å²) in [5.41, 5.74) is 1.20. The number of carbonyl (C=O) groups is 1. The Bertz CT molecular complexity index is 426. The molecule has 0 amide bonds. The smallest absolute Gasteiger partial charge is 0.181 e. The second-order valence-electron chi connectivity index (χ2n) is 4.40. The van der Waals surface area contributed by atoms with E-state index in [2.05, 4.69) is 25.6 Å². The molecule has 3 heteroatoms. The number of aromatic nitrogens is 1. The van der Waals surface area contributed by atoms with Crippen molar-refractivity contribution in [2.75, 3.05) is 0 Å². The number of hydrogen-bond acceptors (Lipinski definition) is 3. The van der Waals surface area contributed by atoms with Gasteiger partial charge in [-0.05, 0) is 11.5 Å². The predicted octanol–water partition coefficient (Wildman–Crippen LogP) is 2.48. The lowest BCUT2D eigenvalue weighted by atomic mass is 9.69. The van der Waals surface area contributed by atoms with Gasteiger partial charge in [0.15, 0.2) is 5.78 Å². The van der Waals surface area contributed by atoms with Crippen LogP contribution in [-0.2, 0) is 4.79 Å². The molecule has 2 rings (SSSR count). The van der Waals surface area contributed by atoms with Crippen LogP contribution < -0.4 is 0 Å². The summed E-state index contributed by atoms with van der Waals surface area (Å²) in [5, 5.41) is 3.90. The molecule has 0 bridgehead atoms. The van der Waals surface area contributed by atoms with Crippen LogP contribution in [0.4, 0.5) is 0 Å². The minimum Gasteiger partial charge on any atom is -0.364 e. The third kappa shape index (κ3) is 1.54. The molecular weight excluding hydrogens is 190 g/mol. The summed E-state index contributed by atoms with van der Waals surface area (Å²) in [6.45, 7) is 7.96. The summed E-state index contributed by atoms with van der Waals surface area (Å²) in [6.07, 6.45) is 5.00. The number of nitrogens with zero attached hydrogens (tertiary/aromatic N) is 1. The lowest BCUT2D eigenvalue weighted by Gasteiger charge is -2.33. The van der Waals surface area contributed by atoms with E-state index in [0.29, 0.717) is 5.57 Å². The number of carbonyl (C=O) groups excluding carboxylic acids is 1. The predicted molar refractivity (Wildman–Crippen MR) is 56.3 cm³/mol. The molecule has 0 saturated heterocycles. The van der Waals surface area contributed by atoms with E-state index in [1.807, 2.05) is 6.08 Å². The molecule has 0 aromatic carbocycles. The first kappa shape index (κ1) is 9.90. The molecule has 78 valence electrons. The van der Waals surface area contributed by atoms with Crippen LogP contribution in [0, 0.1) is 5.41 Å². The van der Waals surface area contributed by atoms with Gasteiger partial charge in [0.2, 0.25) is 0 Å². The van der Waals surface area contributed by atoms with Gasteiger partial charge in [0.1, 0.15) is 6.26 Å². The van der Waals surface area contributed by atoms with Crippen molar-refractivity contribution >= 4 is 5.78 Å². The lowest BCUT2D eigenvalue weighted by molar-refractivity contribution is -0.112. The molecule has 1 heterocycles. The van der Waals surface area contributed by atoms with Gasteiger partial charge >= 0.3 is 0 Å². The normalized spacial score (nSPS) is 24.5. The molecular formula is C12H13NO2. The summed E-state index contributed by atoms with van der Waals surface area (Å²) < 4.78 is 4.82. The Morgan fingerprint density at radius 2 is 2.27 bits per heavy atom. The van der Waals surface area contributed by atoms with E-state index in [9.17, 15) is 4.79 Å². The van der Waals surface area contributed by atoms with Crippen LogP contribution in [0.2, 0.25) is 0 Å². The fourth-order valence-corrected chi connectivity index (χ4v) is 2.02. The second kappa shape index (κ2) is 3.19. The molecule has 0 fully saturated rings. The van der Waals surface area contributed by atoms with Crippen molar-refractivity contribution in [3.05, 3.63) is 42.3 Å². The topological polar surface area (TPSA) is 43.1 Å². The van der Waals surface area contributed by atoms with Crippen molar-refractivity contribution in [1.29, 1.82) is 0 Å². The van der Waals surface area contributed by atoms with Gasteiger partial charge in [-0.1, -0.05) is 31.7 Å². The first-order valence-corrected chi connectivity index (χ1v) is 4.85. The van der Waals surface area contributed by atoms with Crippen LogP contribution in [0.25, 0.3) is 0 Å². The van der Waals surface area contributed by atoms with Crippen molar-refractivity contribution < 1.29 is 9.32 Å². The highest BCUT2D eigenvalue weighted by Gasteiger charge is 2.37. The molecule has 15 heavy (non-hydrogen) atoms. The Morgan fingerprint density at radius 3 is 2.87 bits per heavy atom. The quantitative estimate of drug-likeness (QED) is 0.658. The highest BCUT2D eigenvalue weighted by molar-refractivity contribution is 6.05. The van der Waals surface area contributed by atoms with Crippen LogP contribution in [0.1, 0.15) is 25.5 Å². The summed E-state index contributed by atoms with van der Waals surface area (Å²) in [6, 6.07) is 1.78. The Labute approximate surface area is 88.5 Å². The molecule has 0 saturated carbocycles. The van der Waals surface area contributed by atoms with Gasteiger partial charge in [-0.15, -0.1) is 0 Å². The van der Waals surface area contributed by atoms with Crippen molar-refractivity contribution in [3.63, 3.8) is 0 Å². The molecule has 0 aliphatic heterocycles. The maximum atomic E-state index is 11.5. The molecule has 0 N–H and O–H groups in total. The van der Waals surface area contributed by atoms with Gasteiger partial charge in [0.25, 0.3) is 0 Å². The molecule has 1 aliphatic carbocycles. The minimum absolute atomic E-state index is 0.0256.